The number of aryl methyl sites for hydroxylation is 1. The van der Waals surface area contributed by atoms with Gasteiger partial charge in [-0.2, -0.15) is 0 Å². The molecule has 5 nitrogen and oxygen atoms in total. The first kappa shape index (κ1) is 12.0. The lowest BCUT2D eigenvalue weighted by Gasteiger charge is -2.27. The summed E-state index contributed by atoms with van der Waals surface area (Å²) >= 11 is 0. The van der Waals surface area contributed by atoms with Gasteiger partial charge in [0.15, 0.2) is 0 Å². The molecule has 1 fully saturated rings. The smallest absolute Gasteiger partial charge is 0.317 e. The zero-order chi connectivity index (χ0) is 11.9. The average Bonchev–Trinajstić information content (AvgIpc) is 2.88. The molecule has 2 heterocycles. The Morgan fingerprint density at radius 2 is 2.24 bits per heavy atom. The molecule has 1 aliphatic heterocycles. The number of nitrogens with one attached hydrogen (secondary N) is 3. The van der Waals surface area contributed by atoms with Crippen molar-refractivity contribution in [2.45, 2.75) is 12.8 Å². The van der Waals surface area contributed by atoms with Crippen LogP contribution in [0.25, 0.3) is 0 Å². The van der Waals surface area contributed by atoms with Crippen molar-refractivity contribution < 1.29 is 4.79 Å². The van der Waals surface area contributed by atoms with Crippen molar-refractivity contribution in [3.8, 4) is 0 Å². The first-order valence-corrected chi connectivity index (χ1v) is 6.21. The zero-order valence-electron chi connectivity index (χ0n) is 10.0. The molecular weight excluding hydrogens is 216 g/mol. The Labute approximate surface area is 102 Å². The number of piperazine rings is 1. The number of amides is 2. The maximum atomic E-state index is 11.7. The lowest BCUT2D eigenvalue weighted by atomic mass is 10.2. The molecule has 1 aliphatic rings. The Bertz CT molecular complexity index is 330. The molecule has 0 unspecified atom stereocenters. The summed E-state index contributed by atoms with van der Waals surface area (Å²) in [6, 6.07) is 2.14. The molecule has 1 saturated heterocycles. The zero-order valence-corrected chi connectivity index (χ0v) is 10.0. The standard InChI is InChI=1S/C12H20N4O/c17-12(16-8-6-13-7-9-16)15-4-1-2-11-3-5-14-10-11/h3,5,10,13-14H,1-2,4,6-9H2,(H,15,17). The Morgan fingerprint density at radius 1 is 1.41 bits per heavy atom. The fraction of sp³-hybridized carbons (Fsp3) is 0.583. The number of H-pyrrole nitrogens is 1. The van der Waals surface area contributed by atoms with Crippen LogP contribution in [0.3, 0.4) is 0 Å². The van der Waals surface area contributed by atoms with E-state index in [4.69, 9.17) is 0 Å². The van der Waals surface area contributed by atoms with Crippen LogP contribution in [-0.4, -0.2) is 48.6 Å². The molecular formula is C12H20N4O. The second-order valence-electron chi connectivity index (χ2n) is 4.29. The quantitative estimate of drug-likeness (QED) is 0.669. The van der Waals surface area contributed by atoms with E-state index in [0.717, 1.165) is 45.6 Å². The largest absolute Gasteiger partial charge is 0.367 e. The summed E-state index contributed by atoms with van der Waals surface area (Å²) in [7, 11) is 0. The summed E-state index contributed by atoms with van der Waals surface area (Å²) in [5.74, 6) is 0. The van der Waals surface area contributed by atoms with Crippen LogP contribution in [0.5, 0.6) is 0 Å². The first-order valence-electron chi connectivity index (χ1n) is 6.21. The van der Waals surface area contributed by atoms with Crippen molar-refractivity contribution in [3.05, 3.63) is 24.0 Å². The predicted molar refractivity (Wildman–Crippen MR) is 67.0 cm³/mol. The fourth-order valence-electron chi connectivity index (χ4n) is 1.98. The van der Waals surface area contributed by atoms with Crippen LogP contribution in [0.1, 0.15) is 12.0 Å². The minimum Gasteiger partial charge on any atom is -0.367 e. The molecule has 0 saturated carbocycles. The van der Waals surface area contributed by atoms with E-state index >= 15 is 0 Å². The Balaban J connectivity index is 1.59. The third kappa shape index (κ3) is 3.78. The van der Waals surface area contributed by atoms with E-state index < -0.39 is 0 Å². The molecule has 0 bridgehead atoms. The number of carbonyl (C=O) groups is 1. The fourth-order valence-corrected chi connectivity index (χ4v) is 1.98. The maximum Gasteiger partial charge on any atom is 0.317 e. The molecule has 3 N–H and O–H groups in total. The minimum absolute atomic E-state index is 0.0700. The van der Waals surface area contributed by atoms with Crippen LogP contribution in [0.4, 0.5) is 4.79 Å². The number of carbonyl (C=O) groups excluding carboxylic acids is 1. The van der Waals surface area contributed by atoms with Crippen molar-refractivity contribution in [2.24, 2.45) is 0 Å². The first-order chi connectivity index (χ1) is 8.36. The second-order valence-corrected chi connectivity index (χ2v) is 4.29. The van der Waals surface area contributed by atoms with E-state index in [1.54, 1.807) is 0 Å². The number of aromatic nitrogens is 1. The lowest BCUT2D eigenvalue weighted by molar-refractivity contribution is 0.190. The lowest BCUT2D eigenvalue weighted by Crippen LogP contribution is -2.50. The van der Waals surface area contributed by atoms with Gasteiger partial charge in [0.25, 0.3) is 0 Å². The highest BCUT2D eigenvalue weighted by Gasteiger charge is 2.14. The van der Waals surface area contributed by atoms with Crippen LogP contribution in [0, 0.1) is 0 Å². The molecule has 2 amide bonds. The highest BCUT2D eigenvalue weighted by atomic mass is 16.2. The van der Waals surface area contributed by atoms with Crippen LogP contribution in [0.15, 0.2) is 18.5 Å². The maximum absolute atomic E-state index is 11.7. The third-order valence-corrected chi connectivity index (χ3v) is 2.99. The van der Waals surface area contributed by atoms with Gasteiger partial charge in [-0.05, 0) is 24.5 Å². The Hall–Kier alpha value is -1.49. The number of nitrogens with zero attached hydrogens (tertiary/aromatic N) is 1. The van der Waals surface area contributed by atoms with E-state index in [2.05, 4.69) is 21.7 Å². The molecule has 0 spiro atoms. The normalized spacial score (nSPS) is 15.9. The summed E-state index contributed by atoms with van der Waals surface area (Å²) < 4.78 is 0. The van der Waals surface area contributed by atoms with E-state index in [1.165, 1.54) is 5.56 Å². The third-order valence-electron chi connectivity index (χ3n) is 2.99. The van der Waals surface area contributed by atoms with Crippen LogP contribution in [0.2, 0.25) is 0 Å². The Morgan fingerprint density at radius 3 is 2.94 bits per heavy atom. The van der Waals surface area contributed by atoms with Gasteiger partial charge in [-0.1, -0.05) is 0 Å². The van der Waals surface area contributed by atoms with Crippen molar-refractivity contribution in [3.63, 3.8) is 0 Å². The summed E-state index contributed by atoms with van der Waals surface area (Å²) in [6.07, 6.45) is 5.91. The number of rotatable bonds is 4. The Kier molecular flexibility index (Phi) is 4.44. The number of urea groups is 1. The van der Waals surface area contributed by atoms with E-state index in [9.17, 15) is 4.79 Å². The number of aromatic amines is 1. The summed E-state index contributed by atoms with van der Waals surface area (Å²) in [6.45, 7) is 4.16. The second kappa shape index (κ2) is 6.30. The van der Waals surface area contributed by atoms with Gasteiger partial charge in [0.2, 0.25) is 0 Å². The minimum atomic E-state index is 0.0700. The van der Waals surface area contributed by atoms with Gasteiger partial charge in [0, 0.05) is 45.1 Å². The highest BCUT2D eigenvalue weighted by Crippen LogP contribution is 2.00. The molecule has 1 aromatic heterocycles. The van der Waals surface area contributed by atoms with Gasteiger partial charge >= 0.3 is 6.03 Å². The van der Waals surface area contributed by atoms with Crippen molar-refractivity contribution in [2.75, 3.05) is 32.7 Å². The van der Waals surface area contributed by atoms with Gasteiger partial charge in [-0.3, -0.25) is 0 Å². The SMILES string of the molecule is O=C(NCCCc1cc[nH]c1)N1CCNCC1. The molecule has 0 aliphatic carbocycles. The molecule has 94 valence electrons. The summed E-state index contributed by atoms with van der Waals surface area (Å²) in [4.78, 5) is 16.6. The number of hydrogen-bond acceptors (Lipinski definition) is 2. The van der Waals surface area contributed by atoms with E-state index in [-0.39, 0.29) is 6.03 Å². The van der Waals surface area contributed by atoms with Gasteiger partial charge in [0.05, 0.1) is 0 Å². The van der Waals surface area contributed by atoms with Gasteiger partial charge in [0.1, 0.15) is 0 Å². The topological polar surface area (TPSA) is 60.2 Å². The van der Waals surface area contributed by atoms with Gasteiger partial charge in [-0.25, -0.2) is 4.79 Å². The highest BCUT2D eigenvalue weighted by molar-refractivity contribution is 5.74. The molecule has 5 heteroatoms. The monoisotopic (exact) mass is 236 g/mol. The molecule has 0 atom stereocenters. The van der Waals surface area contributed by atoms with Crippen LogP contribution < -0.4 is 10.6 Å². The molecule has 17 heavy (non-hydrogen) atoms. The van der Waals surface area contributed by atoms with Crippen LogP contribution in [-0.2, 0) is 6.42 Å². The molecule has 0 radical (unpaired) electrons. The van der Waals surface area contributed by atoms with E-state index in [0.29, 0.717) is 0 Å². The van der Waals surface area contributed by atoms with E-state index in [1.807, 2.05) is 17.3 Å². The van der Waals surface area contributed by atoms with Gasteiger partial charge < -0.3 is 20.5 Å². The molecule has 2 rings (SSSR count). The van der Waals surface area contributed by atoms with Crippen molar-refractivity contribution in [1.29, 1.82) is 0 Å². The number of hydrogen-bond donors (Lipinski definition) is 3. The summed E-state index contributed by atoms with van der Waals surface area (Å²) in [5, 5.41) is 6.19. The average molecular weight is 236 g/mol. The summed E-state index contributed by atoms with van der Waals surface area (Å²) in [5.41, 5.74) is 1.29. The van der Waals surface area contributed by atoms with Gasteiger partial charge in [-0.15, -0.1) is 0 Å². The van der Waals surface area contributed by atoms with Crippen LogP contribution >= 0.6 is 0 Å². The van der Waals surface area contributed by atoms with Crippen molar-refractivity contribution in [1.82, 2.24) is 20.5 Å². The van der Waals surface area contributed by atoms with Crippen molar-refractivity contribution >= 4 is 6.03 Å². The predicted octanol–water partition coefficient (Wildman–Crippen LogP) is 0.562. The molecule has 0 aromatic carbocycles. The molecule has 1 aromatic rings.